The minimum atomic E-state index is -0.318. The lowest BCUT2D eigenvalue weighted by molar-refractivity contribution is -0.115. The molecule has 0 radical (unpaired) electrons. The molecule has 2 N–H and O–H groups in total. The van der Waals surface area contributed by atoms with Gasteiger partial charge in [0.15, 0.2) is 0 Å². The summed E-state index contributed by atoms with van der Waals surface area (Å²) in [7, 11) is 0. The summed E-state index contributed by atoms with van der Waals surface area (Å²) in [6.07, 6.45) is 0.342. The van der Waals surface area contributed by atoms with Gasteiger partial charge in [-0.05, 0) is 29.8 Å². The van der Waals surface area contributed by atoms with Crippen LogP contribution in [0, 0.1) is 11.3 Å². The maximum atomic E-state index is 12.2. The van der Waals surface area contributed by atoms with Gasteiger partial charge in [-0.25, -0.2) is 0 Å². The Labute approximate surface area is 121 Å². The first kappa shape index (κ1) is 12.9. The Balaban J connectivity index is 1.85. The fourth-order valence-electron chi connectivity index (χ4n) is 2.24. The summed E-state index contributed by atoms with van der Waals surface area (Å²) >= 11 is 0. The van der Waals surface area contributed by atoms with Gasteiger partial charge >= 0.3 is 0 Å². The van der Waals surface area contributed by atoms with Crippen molar-refractivity contribution in [3.63, 3.8) is 0 Å². The fourth-order valence-corrected chi connectivity index (χ4v) is 2.24. The summed E-state index contributed by atoms with van der Waals surface area (Å²) in [5, 5.41) is 14.4. The van der Waals surface area contributed by atoms with Crippen LogP contribution in [0.1, 0.15) is 21.5 Å². The molecule has 21 heavy (non-hydrogen) atoms. The zero-order valence-corrected chi connectivity index (χ0v) is 11.0. The lowest BCUT2D eigenvalue weighted by Gasteiger charge is -2.08. The van der Waals surface area contributed by atoms with E-state index in [4.69, 9.17) is 5.26 Å². The summed E-state index contributed by atoms with van der Waals surface area (Å²) < 4.78 is 0. The molecule has 1 aliphatic heterocycles. The smallest absolute Gasteiger partial charge is 0.255 e. The molecule has 0 aromatic heterocycles. The fraction of sp³-hybridized carbons (Fsp3) is 0.0625. The molecule has 1 aliphatic rings. The zero-order valence-electron chi connectivity index (χ0n) is 11.0. The van der Waals surface area contributed by atoms with Crippen molar-refractivity contribution < 1.29 is 9.59 Å². The highest BCUT2D eigenvalue weighted by Gasteiger charge is 2.19. The summed E-state index contributed by atoms with van der Waals surface area (Å²) in [4.78, 5) is 23.5. The molecule has 5 nitrogen and oxygen atoms in total. The van der Waals surface area contributed by atoms with Gasteiger partial charge in [-0.2, -0.15) is 5.26 Å². The quantitative estimate of drug-likeness (QED) is 0.883. The molecule has 2 amide bonds. The van der Waals surface area contributed by atoms with Crippen LogP contribution in [0.4, 0.5) is 11.4 Å². The SMILES string of the molecule is N#Cc1ccccc1NC(=O)c1ccc2c(c1)NC(=O)C2. The van der Waals surface area contributed by atoms with E-state index in [1.165, 1.54) is 0 Å². The third-order valence-corrected chi connectivity index (χ3v) is 3.29. The second-order valence-corrected chi connectivity index (χ2v) is 4.71. The average molecular weight is 277 g/mol. The Kier molecular flexibility index (Phi) is 3.13. The number of hydrogen-bond donors (Lipinski definition) is 2. The van der Waals surface area contributed by atoms with Crippen molar-refractivity contribution in [2.75, 3.05) is 10.6 Å². The molecule has 0 spiro atoms. The van der Waals surface area contributed by atoms with Crippen molar-refractivity contribution in [2.45, 2.75) is 6.42 Å². The minimum absolute atomic E-state index is 0.0719. The Hall–Kier alpha value is -3.13. The number of nitrogens with one attached hydrogen (secondary N) is 2. The van der Waals surface area contributed by atoms with E-state index >= 15 is 0 Å². The third kappa shape index (κ3) is 2.47. The Morgan fingerprint density at radius 3 is 2.86 bits per heavy atom. The maximum Gasteiger partial charge on any atom is 0.255 e. The van der Waals surface area contributed by atoms with Gasteiger partial charge in [0.25, 0.3) is 5.91 Å². The first-order valence-corrected chi connectivity index (χ1v) is 6.40. The van der Waals surface area contributed by atoms with Crippen molar-refractivity contribution in [1.82, 2.24) is 0 Å². The Morgan fingerprint density at radius 1 is 1.24 bits per heavy atom. The van der Waals surface area contributed by atoms with Crippen LogP contribution in [0.3, 0.4) is 0 Å². The average Bonchev–Trinajstić information content (AvgIpc) is 2.86. The molecule has 0 saturated heterocycles. The van der Waals surface area contributed by atoms with Gasteiger partial charge in [0, 0.05) is 11.3 Å². The minimum Gasteiger partial charge on any atom is -0.326 e. The number of amides is 2. The van der Waals surface area contributed by atoms with E-state index < -0.39 is 0 Å². The number of para-hydroxylation sites is 1. The highest BCUT2D eigenvalue weighted by molar-refractivity contribution is 6.07. The highest BCUT2D eigenvalue weighted by Crippen LogP contribution is 2.24. The number of nitriles is 1. The van der Waals surface area contributed by atoms with E-state index in [0.29, 0.717) is 28.9 Å². The number of benzene rings is 2. The molecule has 0 unspecified atom stereocenters. The van der Waals surface area contributed by atoms with Crippen molar-refractivity contribution in [3.8, 4) is 6.07 Å². The highest BCUT2D eigenvalue weighted by atomic mass is 16.2. The molecule has 102 valence electrons. The Morgan fingerprint density at radius 2 is 2.05 bits per heavy atom. The molecule has 2 aromatic carbocycles. The number of rotatable bonds is 2. The van der Waals surface area contributed by atoms with Crippen molar-refractivity contribution in [1.29, 1.82) is 5.26 Å². The summed E-state index contributed by atoms with van der Waals surface area (Å²) in [6, 6.07) is 13.9. The molecule has 1 heterocycles. The molecule has 2 aromatic rings. The monoisotopic (exact) mass is 277 g/mol. The molecule has 0 atom stereocenters. The molecule has 0 aliphatic carbocycles. The summed E-state index contributed by atoms with van der Waals surface area (Å²) in [6.45, 7) is 0. The van der Waals surface area contributed by atoms with E-state index in [9.17, 15) is 9.59 Å². The first-order valence-electron chi connectivity index (χ1n) is 6.40. The van der Waals surface area contributed by atoms with Gasteiger partial charge in [-0.3, -0.25) is 9.59 Å². The molecular formula is C16H11N3O2. The van der Waals surface area contributed by atoms with E-state index in [0.717, 1.165) is 5.56 Å². The van der Waals surface area contributed by atoms with E-state index in [2.05, 4.69) is 10.6 Å². The predicted molar refractivity (Wildman–Crippen MR) is 77.9 cm³/mol. The third-order valence-electron chi connectivity index (χ3n) is 3.29. The number of carbonyl (C=O) groups is 2. The largest absolute Gasteiger partial charge is 0.326 e. The van der Waals surface area contributed by atoms with Crippen molar-refractivity contribution in [3.05, 3.63) is 59.2 Å². The lowest BCUT2D eigenvalue weighted by Crippen LogP contribution is -2.13. The van der Waals surface area contributed by atoms with E-state index in [1.54, 1.807) is 42.5 Å². The molecule has 0 bridgehead atoms. The van der Waals surface area contributed by atoms with Gasteiger partial charge < -0.3 is 10.6 Å². The standard InChI is InChI=1S/C16H11N3O2/c17-9-12-3-1-2-4-13(12)19-16(21)11-6-5-10-8-15(20)18-14(10)7-11/h1-7H,8H2,(H,18,20)(H,19,21). The summed E-state index contributed by atoms with van der Waals surface area (Å²) in [5.74, 6) is -0.390. The number of fused-ring (bicyclic) bond motifs is 1. The molecular weight excluding hydrogens is 266 g/mol. The lowest BCUT2D eigenvalue weighted by atomic mass is 10.1. The normalized spacial score (nSPS) is 12.2. The van der Waals surface area contributed by atoms with Crippen LogP contribution < -0.4 is 10.6 Å². The van der Waals surface area contributed by atoms with Crippen LogP contribution in [-0.4, -0.2) is 11.8 Å². The van der Waals surface area contributed by atoms with E-state index in [-0.39, 0.29) is 11.8 Å². The first-order chi connectivity index (χ1) is 10.2. The number of nitrogens with zero attached hydrogens (tertiary/aromatic N) is 1. The van der Waals surface area contributed by atoms with Crippen LogP contribution in [0.25, 0.3) is 0 Å². The van der Waals surface area contributed by atoms with Crippen molar-refractivity contribution in [2.24, 2.45) is 0 Å². The molecule has 0 fully saturated rings. The Bertz CT molecular complexity index is 790. The summed E-state index contributed by atoms with van der Waals surface area (Å²) in [5.41, 5.74) is 2.86. The van der Waals surface area contributed by atoms with E-state index in [1.807, 2.05) is 6.07 Å². The molecule has 0 saturated carbocycles. The second-order valence-electron chi connectivity index (χ2n) is 4.71. The van der Waals surface area contributed by atoms with Crippen LogP contribution in [0.2, 0.25) is 0 Å². The van der Waals surface area contributed by atoms with Crippen LogP contribution in [0.15, 0.2) is 42.5 Å². The topological polar surface area (TPSA) is 82.0 Å². The number of carbonyl (C=O) groups excluding carboxylic acids is 2. The number of hydrogen-bond acceptors (Lipinski definition) is 3. The predicted octanol–water partition coefficient (Wildman–Crippen LogP) is 2.31. The van der Waals surface area contributed by atoms with Gasteiger partial charge in [0.2, 0.25) is 5.91 Å². The molecule has 3 rings (SSSR count). The van der Waals surface area contributed by atoms with Crippen LogP contribution >= 0.6 is 0 Å². The second kappa shape index (κ2) is 5.10. The number of anilines is 2. The van der Waals surface area contributed by atoms with Crippen LogP contribution in [0.5, 0.6) is 0 Å². The molecule has 5 heteroatoms. The van der Waals surface area contributed by atoms with Gasteiger partial charge in [-0.1, -0.05) is 18.2 Å². The van der Waals surface area contributed by atoms with Gasteiger partial charge in [0.05, 0.1) is 17.7 Å². The maximum absolute atomic E-state index is 12.2. The van der Waals surface area contributed by atoms with Gasteiger partial charge in [-0.15, -0.1) is 0 Å². The zero-order chi connectivity index (χ0) is 14.8. The van der Waals surface area contributed by atoms with Gasteiger partial charge in [0.1, 0.15) is 6.07 Å². The van der Waals surface area contributed by atoms with Crippen molar-refractivity contribution >= 4 is 23.2 Å². The van der Waals surface area contributed by atoms with Crippen LogP contribution in [-0.2, 0) is 11.2 Å².